The second kappa shape index (κ2) is 15.6. The van der Waals surface area contributed by atoms with E-state index < -0.39 is 23.8 Å². The number of benzene rings is 3. The summed E-state index contributed by atoms with van der Waals surface area (Å²) in [5.41, 5.74) is 9.86. The average molecular weight is 824 g/mol. The van der Waals surface area contributed by atoms with Gasteiger partial charge in [-0.3, -0.25) is 38.5 Å². The number of hydrogen-bond acceptors (Lipinski definition) is 11. The molecule has 4 amide bonds. The first-order valence-electron chi connectivity index (χ1n) is 21.5. The van der Waals surface area contributed by atoms with E-state index in [4.69, 9.17) is 10.5 Å². The Kier molecular flexibility index (Phi) is 9.93. The maximum atomic E-state index is 14.2. The number of imidazole rings is 1. The Bertz CT molecular complexity index is 2580. The second-order valence-electron chi connectivity index (χ2n) is 17.5. The molecule has 1 aliphatic carbocycles. The Morgan fingerprint density at radius 2 is 1.43 bits per heavy atom. The van der Waals surface area contributed by atoms with E-state index in [2.05, 4.69) is 25.1 Å². The maximum absolute atomic E-state index is 14.2. The monoisotopic (exact) mass is 823 g/mol. The second-order valence-corrected chi connectivity index (χ2v) is 17.5. The molecule has 15 heteroatoms. The molecule has 0 bridgehead atoms. The molecule has 1 spiro atoms. The van der Waals surface area contributed by atoms with Crippen LogP contribution in [0.4, 0.5) is 11.5 Å². The van der Waals surface area contributed by atoms with Crippen molar-refractivity contribution >= 4 is 46.3 Å². The highest BCUT2D eigenvalue weighted by molar-refractivity contribution is 6.23. The van der Waals surface area contributed by atoms with Crippen molar-refractivity contribution in [2.24, 2.45) is 11.3 Å². The van der Waals surface area contributed by atoms with Crippen LogP contribution in [0.25, 0.3) is 16.9 Å². The van der Waals surface area contributed by atoms with Crippen molar-refractivity contribution < 1.29 is 23.9 Å². The van der Waals surface area contributed by atoms with Crippen molar-refractivity contribution in [2.75, 3.05) is 43.4 Å². The van der Waals surface area contributed by atoms with Crippen LogP contribution in [0.2, 0.25) is 0 Å². The number of anilines is 2. The van der Waals surface area contributed by atoms with Gasteiger partial charge in [-0.2, -0.15) is 0 Å². The van der Waals surface area contributed by atoms with Gasteiger partial charge in [-0.15, -0.1) is 0 Å². The number of imide groups is 2. The van der Waals surface area contributed by atoms with Crippen molar-refractivity contribution in [3.63, 3.8) is 0 Å². The molecule has 5 aromatic rings. The summed E-state index contributed by atoms with van der Waals surface area (Å²) >= 11 is 0. The summed E-state index contributed by atoms with van der Waals surface area (Å²) in [4.78, 5) is 79.8. The van der Waals surface area contributed by atoms with Gasteiger partial charge in [-0.05, 0) is 124 Å². The Labute approximate surface area is 352 Å². The molecule has 6 heterocycles. The first-order valence-corrected chi connectivity index (χ1v) is 21.5. The zero-order chi connectivity index (χ0) is 41.8. The Balaban J connectivity index is 0.734. The fourth-order valence-corrected chi connectivity index (χ4v) is 10.5. The number of fused-ring (bicyclic) bond motifs is 2. The van der Waals surface area contributed by atoms with E-state index in [0.29, 0.717) is 45.1 Å². The van der Waals surface area contributed by atoms with Crippen LogP contribution in [-0.4, -0.2) is 91.3 Å². The number of amides is 4. The molecule has 1 saturated carbocycles. The third-order valence-electron chi connectivity index (χ3n) is 14.0. The van der Waals surface area contributed by atoms with Crippen LogP contribution in [0.1, 0.15) is 91.0 Å². The number of carbonyl (C=O) groups is 4. The number of ether oxygens (including phenoxy) is 1. The summed E-state index contributed by atoms with van der Waals surface area (Å²) in [6, 6.07) is 21.4. The van der Waals surface area contributed by atoms with Gasteiger partial charge in [-0.25, -0.2) is 14.8 Å². The lowest BCUT2D eigenvalue weighted by Crippen LogP contribution is -2.54. The van der Waals surface area contributed by atoms with Gasteiger partial charge in [0.2, 0.25) is 11.8 Å². The third-order valence-corrected chi connectivity index (χ3v) is 14.0. The minimum Gasteiger partial charge on any atom is -0.457 e. The van der Waals surface area contributed by atoms with Gasteiger partial charge in [0.25, 0.3) is 11.8 Å². The average Bonchev–Trinajstić information content (AvgIpc) is 3.71. The zero-order valence-corrected chi connectivity index (χ0v) is 34.0. The number of nitrogens with two attached hydrogens (primary N) is 1. The quantitative estimate of drug-likeness (QED) is 0.190. The highest BCUT2D eigenvalue weighted by Crippen LogP contribution is 2.47. The lowest BCUT2D eigenvalue weighted by Gasteiger charge is -2.47. The third kappa shape index (κ3) is 7.13. The van der Waals surface area contributed by atoms with Gasteiger partial charge in [0, 0.05) is 50.9 Å². The summed E-state index contributed by atoms with van der Waals surface area (Å²) in [7, 11) is 0. The predicted octanol–water partition coefficient (Wildman–Crippen LogP) is 5.47. The number of rotatable bonds is 8. The lowest BCUT2D eigenvalue weighted by molar-refractivity contribution is -0.136. The van der Waals surface area contributed by atoms with Crippen LogP contribution >= 0.6 is 0 Å². The first-order chi connectivity index (χ1) is 29.6. The molecule has 4 aliphatic heterocycles. The number of likely N-dealkylation sites (tertiary alicyclic amines) is 1. The molecular formula is C46H49N9O6. The summed E-state index contributed by atoms with van der Waals surface area (Å²) < 4.78 is 9.43. The molecular weight excluding hydrogens is 775 g/mol. The van der Waals surface area contributed by atoms with Crippen molar-refractivity contribution in [1.82, 2.24) is 34.2 Å². The molecule has 10 rings (SSSR count). The molecule has 1 unspecified atom stereocenters. The minimum absolute atomic E-state index is 0.00384. The van der Waals surface area contributed by atoms with Crippen LogP contribution < -0.4 is 26.4 Å². The van der Waals surface area contributed by atoms with Crippen LogP contribution in [0, 0.1) is 11.3 Å². The summed E-state index contributed by atoms with van der Waals surface area (Å²) in [5.74, 6) is 0.363. The summed E-state index contributed by atoms with van der Waals surface area (Å²) in [5, 5.41) is 2.26. The van der Waals surface area contributed by atoms with E-state index >= 15 is 0 Å². The van der Waals surface area contributed by atoms with Crippen LogP contribution in [-0.2, 0) is 9.59 Å². The van der Waals surface area contributed by atoms with E-state index in [1.54, 1.807) is 16.7 Å². The molecule has 314 valence electrons. The van der Waals surface area contributed by atoms with Crippen molar-refractivity contribution in [3.8, 4) is 17.2 Å². The summed E-state index contributed by atoms with van der Waals surface area (Å²) in [6.07, 6.45) is 10.3. The van der Waals surface area contributed by atoms with E-state index in [0.717, 1.165) is 74.7 Å². The number of nitrogen functional groups attached to an aromatic ring is 1. The van der Waals surface area contributed by atoms with E-state index in [1.807, 2.05) is 65.2 Å². The number of hydrogen-bond donors (Lipinski definition) is 2. The number of nitrogens with zero attached hydrogens (tertiary/aromatic N) is 7. The fraction of sp³-hybridized carbons (Fsp3) is 0.413. The van der Waals surface area contributed by atoms with Gasteiger partial charge in [0.15, 0.2) is 11.5 Å². The highest BCUT2D eigenvalue weighted by atomic mass is 16.5. The number of piperidine rings is 3. The number of carbonyl (C=O) groups excluding carboxylic acids is 4. The topological polar surface area (TPSA) is 178 Å². The maximum Gasteiger partial charge on any atom is 0.335 e. The Morgan fingerprint density at radius 1 is 0.738 bits per heavy atom. The number of para-hydroxylation sites is 1. The summed E-state index contributed by atoms with van der Waals surface area (Å²) in [6.45, 7) is 4.65. The molecule has 5 aliphatic rings. The largest absolute Gasteiger partial charge is 0.457 e. The van der Waals surface area contributed by atoms with E-state index in [-0.39, 0.29) is 36.3 Å². The van der Waals surface area contributed by atoms with Crippen molar-refractivity contribution in [1.29, 1.82) is 0 Å². The highest BCUT2D eigenvalue weighted by Gasteiger charge is 2.45. The molecule has 15 nitrogen and oxygen atoms in total. The first kappa shape index (κ1) is 38.8. The molecule has 1 atom stereocenters. The van der Waals surface area contributed by atoms with Gasteiger partial charge >= 0.3 is 5.69 Å². The molecule has 2 aromatic heterocycles. The molecule has 0 radical (unpaired) electrons. The van der Waals surface area contributed by atoms with Gasteiger partial charge in [0.1, 0.15) is 29.4 Å². The molecule has 3 aromatic carbocycles. The predicted molar refractivity (Wildman–Crippen MR) is 228 cm³/mol. The number of nitrogens with one attached hydrogen (secondary N) is 1. The van der Waals surface area contributed by atoms with Gasteiger partial charge in [-0.1, -0.05) is 18.2 Å². The van der Waals surface area contributed by atoms with Gasteiger partial charge < -0.3 is 20.3 Å². The Morgan fingerprint density at radius 3 is 2.15 bits per heavy atom. The minimum atomic E-state index is -0.969. The zero-order valence-electron chi connectivity index (χ0n) is 34.0. The molecule has 61 heavy (non-hydrogen) atoms. The fourth-order valence-electron chi connectivity index (χ4n) is 10.5. The number of aromatic nitrogens is 4. The van der Waals surface area contributed by atoms with Crippen LogP contribution in [0.15, 0.2) is 83.9 Å². The SMILES string of the molecule is Nc1ncnc2c1n(-c1ccc(Oc3ccccc3)cc1)c(=O)n2C1CCN(CC2CCC3(CC2)CCN(c2ccc4c(c2)C(=O)N(C2CCC(=O)NC2=O)C4=O)CC3)CC1. The molecule has 3 saturated heterocycles. The normalized spacial score (nSPS) is 21.3. The molecule has 3 N–H and O–H groups in total. The van der Waals surface area contributed by atoms with Gasteiger partial charge in [0.05, 0.1) is 16.8 Å². The van der Waals surface area contributed by atoms with E-state index in [1.165, 1.54) is 32.0 Å². The Hall–Kier alpha value is -6.35. The van der Waals surface area contributed by atoms with E-state index in [9.17, 15) is 24.0 Å². The lowest BCUT2D eigenvalue weighted by atomic mass is 9.65. The standard InChI is InChI=1S/C46H49N9O6/c47-40-39-41(49-28-48-40)54(45(60)53(39)30-6-9-34(10-7-30)61-33-4-2-1-3-5-33)31-16-22-51(23-17-31)27-29-14-18-46(19-15-29)20-24-52(25-21-46)32-8-11-35-36(26-32)44(59)55(43(35)58)37-12-13-38(56)50-42(37)57/h1-11,26,28-29,31,37H,12-25,27H2,(H2,47,48,49)(H,50,56,57). The smallest absolute Gasteiger partial charge is 0.335 e. The molecule has 4 fully saturated rings. The van der Waals surface area contributed by atoms with Crippen LogP contribution in [0.3, 0.4) is 0 Å². The van der Waals surface area contributed by atoms with Crippen LogP contribution in [0.5, 0.6) is 11.5 Å². The van der Waals surface area contributed by atoms with Crippen molar-refractivity contribution in [3.05, 3.63) is 101 Å². The van der Waals surface area contributed by atoms with Crippen molar-refractivity contribution in [2.45, 2.75) is 76.3 Å².